The number of aryl methyl sites for hydroxylation is 1. The van der Waals surface area contributed by atoms with Crippen LogP contribution in [0.2, 0.25) is 0 Å². The van der Waals surface area contributed by atoms with E-state index in [1.165, 1.54) is 7.11 Å². The Hall–Kier alpha value is -1.15. The number of nitrogens with one attached hydrogen (secondary N) is 1. The van der Waals surface area contributed by atoms with Gasteiger partial charge in [0.05, 0.1) is 20.2 Å². The summed E-state index contributed by atoms with van der Waals surface area (Å²) in [6.07, 6.45) is 0.868. The van der Waals surface area contributed by atoms with E-state index in [1.807, 2.05) is 32.0 Å². The molecule has 0 aromatic heterocycles. The lowest BCUT2D eigenvalue weighted by atomic mass is 10.2. The minimum Gasteiger partial charge on any atom is -0.468 e. The molecule has 1 aromatic rings. The summed E-state index contributed by atoms with van der Waals surface area (Å²) in [4.78, 5) is 25.2. The van der Waals surface area contributed by atoms with Crippen LogP contribution in [-0.2, 0) is 14.3 Å². The summed E-state index contributed by atoms with van der Waals surface area (Å²) in [5.74, 6) is -0.460. The Balaban J connectivity index is 2.62. The van der Waals surface area contributed by atoms with Crippen LogP contribution in [0.15, 0.2) is 18.2 Å². The van der Waals surface area contributed by atoms with Crippen LogP contribution >= 0.6 is 22.6 Å². The lowest BCUT2D eigenvalue weighted by Crippen LogP contribution is -2.37. The molecule has 0 aliphatic heterocycles. The van der Waals surface area contributed by atoms with Gasteiger partial charge in [0.25, 0.3) is 0 Å². The zero-order valence-corrected chi connectivity index (χ0v) is 14.8. The minimum atomic E-state index is -0.332. The van der Waals surface area contributed by atoms with Gasteiger partial charge in [0.15, 0.2) is 0 Å². The Bertz CT molecular complexity index is 506. The third-order valence-corrected chi connectivity index (χ3v) is 3.62. The number of ether oxygens (including phenoxy) is 1. The molecule has 0 heterocycles. The van der Waals surface area contributed by atoms with Crippen LogP contribution in [0.5, 0.6) is 0 Å². The van der Waals surface area contributed by atoms with Gasteiger partial charge in [-0.15, -0.1) is 0 Å². The molecule has 0 unspecified atom stereocenters. The van der Waals surface area contributed by atoms with E-state index in [0.717, 1.165) is 21.2 Å². The van der Waals surface area contributed by atoms with E-state index >= 15 is 0 Å². The number of anilines is 1. The van der Waals surface area contributed by atoms with E-state index in [0.29, 0.717) is 6.54 Å². The van der Waals surface area contributed by atoms with Crippen molar-refractivity contribution < 1.29 is 14.3 Å². The van der Waals surface area contributed by atoms with Crippen molar-refractivity contribution in [2.75, 3.05) is 32.1 Å². The molecule has 21 heavy (non-hydrogen) atoms. The fraction of sp³-hybridized carbons (Fsp3) is 0.467. The molecule has 1 amide bonds. The number of carbonyl (C=O) groups excluding carboxylic acids is 2. The van der Waals surface area contributed by atoms with Crippen molar-refractivity contribution in [1.29, 1.82) is 0 Å². The van der Waals surface area contributed by atoms with Gasteiger partial charge in [-0.05, 0) is 66.2 Å². The van der Waals surface area contributed by atoms with Crippen molar-refractivity contribution in [1.82, 2.24) is 4.90 Å². The summed E-state index contributed by atoms with van der Waals surface area (Å²) < 4.78 is 5.77. The molecule has 1 N–H and O–H groups in total. The molecule has 0 atom stereocenters. The Morgan fingerprint density at radius 3 is 2.62 bits per heavy atom. The third-order valence-electron chi connectivity index (χ3n) is 2.95. The first-order valence-corrected chi connectivity index (χ1v) is 7.89. The van der Waals surface area contributed by atoms with E-state index in [2.05, 4.69) is 32.6 Å². The van der Waals surface area contributed by atoms with Gasteiger partial charge in [-0.25, -0.2) is 0 Å². The van der Waals surface area contributed by atoms with E-state index in [9.17, 15) is 9.59 Å². The van der Waals surface area contributed by atoms with Gasteiger partial charge in [0, 0.05) is 9.26 Å². The first-order valence-electron chi connectivity index (χ1n) is 6.81. The largest absolute Gasteiger partial charge is 0.468 e. The lowest BCUT2D eigenvalue weighted by molar-refractivity contribution is -0.142. The second kappa shape index (κ2) is 8.99. The molecule has 1 rings (SSSR count). The molecule has 0 radical (unpaired) electrons. The van der Waals surface area contributed by atoms with Crippen molar-refractivity contribution in [3.05, 3.63) is 27.3 Å². The molecule has 1 aromatic carbocycles. The number of hydrogen-bond acceptors (Lipinski definition) is 4. The highest BCUT2D eigenvalue weighted by Crippen LogP contribution is 2.17. The summed E-state index contributed by atoms with van der Waals surface area (Å²) in [7, 11) is 1.35. The molecule has 0 aliphatic carbocycles. The second-order valence-electron chi connectivity index (χ2n) is 4.79. The molecule has 116 valence electrons. The van der Waals surface area contributed by atoms with Gasteiger partial charge in [0.2, 0.25) is 5.91 Å². The van der Waals surface area contributed by atoms with Gasteiger partial charge in [-0.3, -0.25) is 14.5 Å². The van der Waals surface area contributed by atoms with Crippen LogP contribution in [0.4, 0.5) is 5.69 Å². The standard InChI is InChI=1S/C15H21IN2O3/c1-4-7-18(10-15(20)21-3)9-14(19)17-13-6-5-12(16)8-11(13)2/h5-6,8H,4,7,9-10H2,1-3H3,(H,17,19). The summed E-state index contributed by atoms with van der Waals surface area (Å²) >= 11 is 2.23. The molecule has 6 heteroatoms. The normalized spacial score (nSPS) is 10.5. The first kappa shape index (κ1) is 17.9. The van der Waals surface area contributed by atoms with Gasteiger partial charge >= 0.3 is 5.97 Å². The topological polar surface area (TPSA) is 58.6 Å². The number of carbonyl (C=O) groups is 2. The zero-order valence-electron chi connectivity index (χ0n) is 12.6. The summed E-state index contributed by atoms with van der Waals surface area (Å²) in [5.41, 5.74) is 1.82. The van der Waals surface area contributed by atoms with E-state index in [-0.39, 0.29) is 25.0 Å². The molecule has 0 saturated carbocycles. The van der Waals surface area contributed by atoms with Crippen molar-refractivity contribution in [2.24, 2.45) is 0 Å². The number of nitrogens with zero attached hydrogens (tertiary/aromatic N) is 1. The van der Waals surface area contributed by atoms with Gasteiger partial charge in [0.1, 0.15) is 0 Å². The predicted octanol–water partition coefficient (Wildman–Crippen LogP) is 2.42. The highest BCUT2D eigenvalue weighted by Gasteiger charge is 2.14. The van der Waals surface area contributed by atoms with Crippen molar-refractivity contribution >= 4 is 40.2 Å². The maximum atomic E-state index is 12.1. The molecule has 0 fully saturated rings. The molecule has 5 nitrogen and oxygen atoms in total. The SMILES string of the molecule is CCCN(CC(=O)Nc1ccc(I)cc1C)CC(=O)OC. The molecule has 0 saturated heterocycles. The molecule has 0 bridgehead atoms. The number of benzene rings is 1. The Labute approximate surface area is 139 Å². The summed E-state index contributed by atoms with van der Waals surface area (Å²) in [6.45, 7) is 4.94. The quantitative estimate of drug-likeness (QED) is 0.560. The van der Waals surface area contributed by atoms with Crippen molar-refractivity contribution in [3.63, 3.8) is 0 Å². The van der Waals surface area contributed by atoms with Crippen LogP contribution in [0, 0.1) is 10.5 Å². The van der Waals surface area contributed by atoms with E-state index < -0.39 is 0 Å². The minimum absolute atomic E-state index is 0.128. The monoisotopic (exact) mass is 404 g/mol. The van der Waals surface area contributed by atoms with Gasteiger partial charge in [-0.2, -0.15) is 0 Å². The summed E-state index contributed by atoms with van der Waals surface area (Å²) in [5, 5.41) is 2.88. The second-order valence-corrected chi connectivity index (χ2v) is 6.04. The number of methoxy groups -OCH3 is 1. The Morgan fingerprint density at radius 2 is 2.05 bits per heavy atom. The fourth-order valence-corrected chi connectivity index (χ4v) is 2.58. The molecule has 0 aliphatic rings. The molecular weight excluding hydrogens is 383 g/mol. The summed E-state index contributed by atoms with van der Waals surface area (Å²) in [6, 6.07) is 5.84. The number of rotatable bonds is 7. The van der Waals surface area contributed by atoms with Crippen molar-refractivity contribution in [2.45, 2.75) is 20.3 Å². The van der Waals surface area contributed by atoms with Crippen molar-refractivity contribution in [3.8, 4) is 0 Å². The number of hydrogen-bond donors (Lipinski definition) is 1. The highest BCUT2D eigenvalue weighted by atomic mass is 127. The fourth-order valence-electron chi connectivity index (χ4n) is 1.94. The maximum absolute atomic E-state index is 12.1. The van der Waals surface area contributed by atoms with Gasteiger partial charge in [-0.1, -0.05) is 6.92 Å². The Kier molecular flexibility index (Phi) is 7.66. The average Bonchev–Trinajstić information content (AvgIpc) is 2.42. The van der Waals surface area contributed by atoms with E-state index in [4.69, 9.17) is 0 Å². The van der Waals surface area contributed by atoms with Crippen LogP contribution in [0.3, 0.4) is 0 Å². The predicted molar refractivity (Wildman–Crippen MR) is 91.3 cm³/mol. The van der Waals surface area contributed by atoms with Crippen LogP contribution in [-0.4, -0.2) is 43.5 Å². The number of esters is 1. The maximum Gasteiger partial charge on any atom is 0.319 e. The van der Waals surface area contributed by atoms with Crippen LogP contribution in [0.1, 0.15) is 18.9 Å². The van der Waals surface area contributed by atoms with Crippen LogP contribution in [0.25, 0.3) is 0 Å². The molecular formula is C15H21IN2O3. The van der Waals surface area contributed by atoms with Crippen LogP contribution < -0.4 is 5.32 Å². The Morgan fingerprint density at radius 1 is 1.33 bits per heavy atom. The lowest BCUT2D eigenvalue weighted by Gasteiger charge is -2.20. The zero-order chi connectivity index (χ0) is 15.8. The smallest absolute Gasteiger partial charge is 0.319 e. The first-order chi connectivity index (χ1) is 9.96. The average molecular weight is 404 g/mol. The van der Waals surface area contributed by atoms with Gasteiger partial charge < -0.3 is 10.1 Å². The van der Waals surface area contributed by atoms with E-state index in [1.54, 1.807) is 4.90 Å². The molecule has 0 spiro atoms. The third kappa shape index (κ3) is 6.43. The highest BCUT2D eigenvalue weighted by molar-refractivity contribution is 14.1. The number of halogens is 1. The number of amides is 1.